The van der Waals surface area contributed by atoms with Gasteiger partial charge in [-0.3, -0.25) is 0 Å². The van der Waals surface area contributed by atoms with Crippen LogP contribution in [0.25, 0.3) is 0 Å². The van der Waals surface area contributed by atoms with Crippen molar-refractivity contribution in [3.63, 3.8) is 0 Å². The molecule has 3 nitrogen and oxygen atoms in total. The summed E-state index contributed by atoms with van der Waals surface area (Å²) in [6.45, 7) is 3.17. The van der Waals surface area contributed by atoms with E-state index in [1.807, 2.05) is 18.2 Å². The summed E-state index contributed by atoms with van der Waals surface area (Å²) in [4.78, 5) is 0. The van der Waals surface area contributed by atoms with Crippen LogP contribution >= 0.6 is 0 Å². The van der Waals surface area contributed by atoms with Crippen molar-refractivity contribution in [1.29, 1.82) is 0 Å². The molecule has 0 saturated heterocycles. The van der Waals surface area contributed by atoms with E-state index in [2.05, 4.69) is 17.6 Å². The highest BCUT2D eigenvalue weighted by atomic mass is 16.3. The maximum absolute atomic E-state index is 8.94. The first-order valence-electron chi connectivity index (χ1n) is 4.54. The molecular weight excluding hydrogens is 164 g/mol. The minimum absolute atomic E-state index is 0.102. The van der Waals surface area contributed by atoms with Crippen LogP contribution in [0.4, 0.5) is 11.4 Å². The smallest absolute Gasteiger partial charge is 0.0682 e. The van der Waals surface area contributed by atoms with Crippen LogP contribution in [0.1, 0.15) is 12.5 Å². The number of hydrogen-bond acceptors (Lipinski definition) is 3. The van der Waals surface area contributed by atoms with E-state index in [1.165, 1.54) is 0 Å². The van der Waals surface area contributed by atoms with E-state index in [9.17, 15) is 0 Å². The highest BCUT2D eigenvalue weighted by Crippen LogP contribution is 2.26. The van der Waals surface area contributed by atoms with Gasteiger partial charge in [-0.25, -0.2) is 0 Å². The standard InChI is InChI=1S/C10H14N2O/c1-7-5-11-10-4-8(6-13)2-3-9(10)12-7/h2-4,7,11-13H,5-6H2,1H3. The van der Waals surface area contributed by atoms with Gasteiger partial charge in [-0.05, 0) is 24.6 Å². The molecular formula is C10H14N2O. The Morgan fingerprint density at radius 3 is 3.08 bits per heavy atom. The predicted molar refractivity (Wildman–Crippen MR) is 53.9 cm³/mol. The summed E-state index contributed by atoms with van der Waals surface area (Å²) >= 11 is 0. The van der Waals surface area contributed by atoms with E-state index in [-0.39, 0.29) is 6.61 Å². The zero-order chi connectivity index (χ0) is 9.26. The molecule has 0 fully saturated rings. The Bertz CT molecular complexity index is 312. The van der Waals surface area contributed by atoms with Gasteiger partial charge >= 0.3 is 0 Å². The molecule has 1 aromatic carbocycles. The van der Waals surface area contributed by atoms with Crippen LogP contribution < -0.4 is 10.6 Å². The van der Waals surface area contributed by atoms with Gasteiger partial charge in [0, 0.05) is 12.6 Å². The van der Waals surface area contributed by atoms with Gasteiger partial charge in [0.05, 0.1) is 18.0 Å². The van der Waals surface area contributed by atoms with Gasteiger partial charge in [0.25, 0.3) is 0 Å². The van der Waals surface area contributed by atoms with Crippen LogP contribution in [-0.4, -0.2) is 17.7 Å². The van der Waals surface area contributed by atoms with Crippen molar-refractivity contribution in [1.82, 2.24) is 0 Å². The Balaban J connectivity index is 2.31. The molecule has 1 aliphatic heterocycles. The Morgan fingerprint density at radius 1 is 1.46 bits per heavy atom. The number of fused-ring (bicyclic) bond motifs is 1. The lowest BCUT2D eigenvalue weighted by molar-refractivity contribution is 0.282. The Hall–Kier alpha value is -1.22. The predicted octanol–water partition coefficient (Wildman–Crippen LogP) is 1.40. The molecule has 3 heteroatoms. The molecule has 0 spiro atoms. The lowest BCUT2D eigenvalue weighted by Gasteiger charge is -2.26. The number of anilines is 2. The van der Waals surface area contributed by atoms with Crippen molar-refractivity contribution in [2.45, 2.75) is 19.6 Å². The highest BCUT2D eigenvalue weighted by Gasteiger charge is 2.12. The average Bonchev–Trinajstić information content (AvgIpc) is 2.17. The fourth-order valence-electron chi connectivity index (χ4n) is 1.54. The summed E-state index contributed by atoms with van der Waals surface area (Å²) in [6.07, 6.45) is 0. The van der Waals surface area contributed by atoms with Gasteiger partial charge in [-0.1, -0.05) is 6.07 Å². The van der Waals surface area contributed by atoms with Gasteiger partial charge < -0.3 is 15.7 Å². The number of hydrogen-bond donors (Lipinski definition) is 3. The van der Waals surface area contributed by atoms with Crippen molar-refractivity contribution in [2.75, 3.05) is 17.2 Å². The van der Waals surface area contributed by atoms with Crippen LogP contribution in [-0.2, 0) is 6.61 Å². The molecule has 0 saturated carbocycles. The van der Waals surface area contributed by atoms with Gasteiger partial charge in [-0.2, -0.15) is 0 Å². The molecule has 70 valence electrons. The van der Waals surface area contributed by atoms with Crippen LogP contribution in [0.2, 0.25) is 0 Å². The number of benzene rings is 1. The molecule has 1 aliphatic rings. The summed E-state index contributed by atoms with van der Waals surface area (Å²) in [5.41, 5.74) is 3.16. The van der Waals surface area contributed by atoms with Crippen molar-refractivity contribution in [3.8, 4) is 0 Å². The molecule has 3 N–H and O–H groups in total. The van der Waals surface area contributed by atoms with Crippen LogP contribution in [0.3, 0.4) is 0 Å². The third kappa shape index (κ3) is 1.60. The van der Waals surface area contributed by atoms with E-state index >= 15 is 0 Å². The van der Waals surface area contributed by atoms with E-state index < -0.39 is 0 Å². The zero-order valence-electron chi connectivity index (χ0n) is 7.67. The first-order chi connectivity index (χ1) is 6.29. The molecule has 0 amide bonds. The second-order valence-electron chi connectivity index (χ2n) is 3.46. The van der Waals surface area contributed by atoms with Crippen molar-refractivity contribution >= 4 is 11.4 Å². The molecule has 0 bridgehead atoms. The van der Waals surface area contributed by atoms with Crippen LogP contribution in [0.15, 0.2) is 18.2 Å². The topological polar surface area (TPSA) is 44.3 Å². The molecule has 2 rings (SSSR count). The summed E-state index contributed by atoms with van der Waals surface area (Å²) < 4.78 is 0. The monoisotopic (exact) mass is 178 g/mol. The van der Waals surface area contributed by atoms with Gasteiger partial charge in [0.1, 0.15) is 0 Å². The molecule has 0 aliphatic carbocycles. The molecule has 1 atom stereocenters. The second-order valence-corrected chi connectivity index (χ2v) is 3.46. The Kier molecular flexibility index (Phi) is 2.10. The van der Waals surface area contributed by atoms with E-state index in [4.69, 9.17) is 5.11 Å². The third-order valence-corrected chi connectivity index (χ3v) is 2.27. The number of aliphatic hydroxyl groups is 1. The normalized spacial score (nSPS) is 20.0. The Labute approximate surface area is 77.8 Å². The zero-order valence-corrected chi connectivity index (χ0v) is 7.67. The number of aliphatic hydroxyl groups excluding tert-OH is 1. The second kappa shape index (κ2) is 3.26. The molecule has 1 aromatic rings. The van der Waals surface area contributed by atoms with Gasteiger partial charge in [0.2, 0.25) is 0 Å². The van der Waals surface area contributed by atoms with Gasteiger partial charge in [-0.15, -0.1) is 0 Å². The van der Waals surface area contributed by atoms with E-state index in [1.54, 1.807) is 0 Å². The summed E-state index contributed by atoms with van der Waals surface area (Å²) in [5.74, 6) is 0. The molecule has 1 heterocycles. The van der Waals surface area contributed by atoms with Crippen molar-refractivity contribution in [2.24, 2.45) is 0 Å². The Morgan fingerprint density at radius 2 is 2.31 bits per heavy atom. The number of nitrogens with one attached hydrogen (secondary N) is 2. The highest BCUT2D eigenvalue weighted by molar-refractivity contribution is 5.72. The molecule has 0 radical (unpaired) electrons. The first kappa shape index (κ1) is 8.38. The van der Waals surface area contributed by atoms with Crippen LogP contribution in [0, 0.1) is 0 Å². The van der Waals surface area contributed by atoms with E-state index in [0.29, 0.717) is 6.04 Å². The van der Waals surface area contributed by atoms with Crippen LogP contribution in [0.5, 0.6) is 0 Å². The SMILES string of the molecule is CC1CNc2cc(CO)ccc2N1. The molecule has 1 unspecified atom stereocenters. The fraction of sp³-hybridized carbons (Fsp3) is 0.400. The first-order valence-corrected chi connectivity index (χ1v) is 4.54. The third-order valence-electron chi connectivity index (χ3n) is 2.27. The molecule has 0 aromatic heterocycles. The summed E-state index contributed by atoms with van der Waals surface area (Å²) in [5, 5.41) is 15.6. The quantitative estimate of drug-likeness (QED) is 0.609. The largest absolute Gasteiger partial charge is 0.392 e. The molecule has 13 heavy (non-hydrogen) atoms. The summed E-state index contributed by atoms with van der Waals surface area (Å²) in [6, 6.07) is 6.39. The van der Waals surface area contributed by atoms with Crippen molar-refractivity contribution in [3.05, 3.63) is 23.8 Å². The average molecular weight is 178 g/mol. The fourth-order valence-corrected chi connectivity index (χ4v) is 1.54. The number of rotatable bonds is 1. The maximum atomic E-state index is 8.94. The lowest BCUT2D eigenvalue weighted by Crippen LogP contribution is -2.30. The lowest BCUT2D eigenvalue weighted by atomic mass is 10.1. The van der Waals surface area contributed by atoms with E-state index in [0.717, 1.165) is 23.5 Å². The van der Waals surface area contributed by atoms with Gasteiger partial charge in [0.15, 0.2) is 0 Å². The minimum atomic E-state index is 0.102. The minimum Gasteiger partial charge on any atom is -0.392 e. The maximum Gasteiger partial charge on any atom is 0.0682 e. The van der Waals surface area contributed by atoms with Crippen molar-refractivity contribution < 1.29 is 5.11 Å². The summed E-state index contributed by atoms with van der Waals surface area (Å²) in [7, 11) is 0.